The molecule has 0 unspecified atom stereocenters. The van der Waals surface area contributed by atoms with Crippen LogP contribution in [-0.2, 0) is 0 Å². The van der Waals surface area contributed by atoms with Crippen LogP contribution in [-0.4, -0.2) is 4.98 Å². The number of para-hydroxylation sites is 1. The fraction of sp³-hybridized carbons (Fsp3) is 0. The highest BCUT2D eigenvalue weighted by Crippen LogP contribution is 2.42. The number of hydrogen-bond acceptors (Lipinski definition) is 5. The van der Waals surface area contributed by atoms with E-state index in [4.69, 9.17) is 18.2 Å². The average molecular weight is 771 g/mol. The van der Waals surface area contributed by atoms with Crippen LogP contribution in [0.4, 0.5) is 17.1 Å². The standard InChI is InChI=1S/C55H34N2O3/c1-3-11-35(12-4-1)36-21-26-41(27-22-36)57(43-16-9-15-40(33-43)44-18-10-20-48-52(44)45-17-7-8-19-47(45)58-48)42-28-23-37(24-29-42)39-25-30-46-51(34-39)59-49-31-32-50-54(53(46)49)56-55(60-50)38-13-5-2-6-14-38/h1-34H. The fourth-order valence-electron chi connectivity index (χ4n) is 8.65. The largest absolute Gasteiger partial charge is 0.456 e. The van der Waals surface area contributed by atoms with E-state index in [1.807, 2.05) is 60.7 Å². The molecule has 0 N–H and O–H groups in total. The molecule has 0 fully saturated rings. The van der Waals surface area contributed by atoms with Crippen molar-refractivity contribution in [3.8, 4) is 44.8 Å². The molecule has 0 aliphatic carbocycles. The predicted molar refractivity (Wildman–Crippen MR) is 245 cm³/mol. The highest BCUT2D eigenvalue weighted by Gasteiger charge is 2.19. The van der Waals surface area contributed by atoms with Crippen LogP contribution >= 0.6 is 0 Å². The first kappa shape index (κ1) is 33.9. The van der Waals surface area contributed by atoms with Gasteiger partial charge in [-0.05, 0) is 118 Å². The van der Waals surface area contributed by atoms with Crippen molar-refractivity contribution in [3.05, 3.63) is 206 Å². The van der Waals surface area contributed by atoms with E-state index < -0.39 is 0 Å². The maximum atomic E-state index is 6.45. The molecule has 0 saturated carbocycles. The predicted octanol–water partition coefficient (Wildman–Crippen LogP) is 15.8. The number of rotatable bonds is 7. The molecule has 60 heavy (non-hydrogen) atoms. The second-order valence-corrected chi connectivity index (χ2v) is 15.1. The van der Waals surface area contributed by atoms with Crippen LogP contribution in [0.15, 0.2) is 220 Å². The van der Waals surface area contributed by atoms with Gasteiger partial charge >= 0.3 is 0 Å². The van der Waals surface area contributed by atoms with Crippen LogP contribution < -0.4 is 4.90 Å². The molecule has 3 aromatic heterocycles. The molecule has 0 amide bonds. The van der Waals surface area contributed by atoms with Crippen molar-refractivity contribution in [3.63, 3.8) is 0 Å². The molecule has 0 aliphatic heterocycles. The van der Waals surface area contributed by atoms with E-state index in [1.54, 1.807) is 0 Å². The van der Waals surface area contributed by atoms with Crippen molar-refractivity contribution < 1.29 is 13.3 Å². The number of hydrogen-bond donors (Lipinski definition) is 0. The van der Waals surface area contributed by atoms with Gasteiger partial charge in [0.05, 0.1) is 5.39 Å². The molecule has 282 valence electrons. The monoisotopic (exact) mass is 770 g/mol. The van der Waals surface area contributed by atoms with Crippen LogP contribution in [0.2, 0.25) is 0 Å². The number of oxazole rings is 1. The number of nitrogens with zero attached hydrogens (tertiary/aromatic N) is 2. The van der Waals surface area contributed by atoms with Gasteiger partial charge < -0.3 is 18.2 Å². The molecule has 0 atom stereocenters. The fourth-order valence-corrected chi connectivity index (χ4v) is 8.65. The molecular formula is C55H34N2O3. The first-order chi connectivity index (χ1) is 29.7. The second-order valence-electron chi connectivity index (χ2n) is 15.1. The van der Waals surface area contributed by atoms with E-state index in [0.717, 1.165) is 99.9 Å². The maximum absolute atomic E-state index is 6.45. The van der Waals surface area contributed by atoms with E-state index in [2.05, 4.69) is 150 Å². The van der Waals surface area contributed by atoms with Gasteiger partial charge in [0.25, 0.3) is 0 Å². The zero-order valence-electron chi connectivity index (χ0n) is 32.2. The molecule has 0 bridgehead atoms. The number of fused-ring (bicyclic) bond motifs is 8. The van der Waals surface area contributed by atoms with Gasteiger partial charge in [0.2, 0.25) is 5.89 Å². The Bertz CT molecular complexity index is 3530. The van der Waals surface area contributed by atoms with Gasteiger partial charge in [0.15, 0.2) is 5.58 Å². The maximum Gasteiger partial charge on any atom is 0.227 e. The summed E-state index contributed by atoms with van der Waals surface area (Å²) in [6.07, 6.45) is 0. The summed E-state index contributed by atoms with van der Waals surface area (Å²) >= 11 is 0. The van der Waals surface area contributed by atoms with E-state index in [-0.39, 0.29) is 0 Å². The van der Waals surface area contributed by atoms with Gasteiger partial charge in [0, 0.05) is 38.8 Å². The van der Waals surface area contributed by atoms with Crippen molar-refractivity contribution in [2.45, 2.75) is 0 Å². The molecule has 0 aliphatic rings. The third-order valence-corrected chi connectivity index (χ3v) is 11.5. The van der Waals surface area contributed by atoms with Crippen molar-refractivity contribution in [1.82, 2.24) is 4.98 Å². The Morgan fingerprint density at radius 3 is 1.67 bits per heavy atom. The highest BCUT2D eigenvalue weighted by molar-refractivity contribution is 6.17. The molecule has 5 nitrogen and oxygen atoms in total. The Hall–Kier alpha value is -8.15. The summed E-state index contributed by atoms with van der Waals surface area (Å²) in [5.41, 5.74) is 15.8. The van der Waals surface area contributed by atoms with Crippen LogP contribution in [0.5, 0.6) is 0 Å². The van der Waals surface area contributed by atoms with Crippen LogP contribution in [0.25, 0.3) is 99.8 Å². The van der Waals surface area contributed by atoms with Crippen molar-refractivity contribution in [2.24, 2.45) is 0 Å². The normalized spacial score (nSPS) is 11.7. The van der Waals surface area contributed by atoms with E-state index >= 15 is 0 Å². The SMILES string of the molecule is c1ccc(-c2ccc(N(c3ccc(-c4ccc5c(c4)oc4ccc6oc(-c7ccccc7)nc6c45)cc3)c3cccc(-c4cccc5oc6ccccc6c45)c3)cc2)cc1. The lowest BCUT2D eigenvalue weighted by Crippen LogP contribution is -2.10. The topological polar surface area (TPSA) is 55.6 Å². The summed E-state index contributed by atoms with van der Waals surface area (Å²) in [6, 6.07) is 71.8. The summed E-state index contributed by atoms with van der Waals surface area (Å²) in [4.78, 5) is 7.24. The lowest BCUT2D eigenvalue weighted by Gasteiger charge is -2.26. The quantitative estimate of drug-likeness (QED) is 0.162. The Kier molecular flexibility index (Phi) is 7.78. The molecular weight excluding hydrogens is 737 g/mol. The summed E-state index contributed by atoms with van der Waals surface area (Å²) < 4.78 is 18.9. The van der Waals surface area contributed by atoms with E-state index in [1.165, 1.54) is 11.1 Å². The minimum atomic E-state index is 0.598. The molecule has 0 saturated heterocycles. The van der Waals surface area contributed by atoms with Gasteiger partial charge in [-0.15, -0.1) is 0 Å². The third-order valence-electron chi connectivity index (χ3n) is 11.5. The Morgan fingerprint density at radius 2 is 0.883 bits per heavy atom. The van der Waals surface area contributed by atoms with Crippen LogP contribution in [0.3, 0.4) is 0 Å². The average Bonchev–Trinajstić information content (AvgIpc) is 4.04. The van der Waals surface area contributed by atoms with Gasteiger partial charge in [-0.2, -0.15) is 0 Å². The minimum absolute atomic E-state index is 0.598. The Balaban J connectivity index is 0.936. The number of anilines is 3. The van der Waals surface area contributed by atoms with Crippen LogP contribution in [0, 0.1) is 0 Å². The molecule has 5 heteroatoms. The minimum Gasteiger partial charge on any atom is -0.456 e. The first-order valence-electron chi connectivity index (χ1n) is 20.1. The zero-order valence-corrected chi connectivity index (χ0v) is 32.2. The Labute approximate surface area is 345 Å². The third kappa shape index (κ3) is 5.67. The highest BCUT2D eigenvalue weighted by atomic mass is 16.4. The van der Waals surface area contributed by atoms with Crippen LogP contribution in [0.1, 0.15) is 0 Å². The molecule has 0 radical (unpaired) electrons. The molecule has 3 heterocycles. The summed E-state index contributed by atoms with van der Waals surface area (Å²) in [5.74, 6) is 0.598. The lowest BCUT2D eigenvalue weighted by atomic mass is 9.98. The number of furan rings is 2. The molecule has 0 spiro atoms. The van der Waals surface area contributed by atoms with Crippen molar-refractivity contribution in [1.29, 1.82) is 0 Å². The van der Waals surface area contributed by atoms with Gasteiger partial charge in [-0.1, -0.05) is 121 Å². The smallest absolute Gasteiger partial charge is 0.227 e. The first-order valence-corrected chi connectivity index (χ1v) is 20.1. The van der Waals surface area contributed by atoms with Crippen molar-refractivity contribution in [2.75, 3.05) is 4.90 Å². The van der Waals surface area contributed by atoms with Gasteiger partial charge in [-0.25, -0.2) is 4.98 Å². The number of aromatic nitrogens is 1. The van der Waals surface area contributed by atoms with Gasteiger partial charge in [-0.3, -0.25) is 0 Å². The van der Waals surface area contributed by atoms with E-state index in [9.17, 15) is 0 Å². The molecule has 9 aromatic carbocycles. The summed E-state index contributed by atoms with van der Waals surface area (Å²) in [6.45, 7) is 0. The lowest BCUT2D eigenvalue weighted by molar-refractivity contribution is 0.619. The summed E-state index contributed by atoms with van der Waals surface area (Å²) in [7, 11) is 0. The van der Waals surface area contributed by atoms with Gasteiger partial charge in [0.1, 0.15) is 27.8 Å². The number of benzene rings is 9. The zero-order chi connectivity index (χ0) is 39.6. The molecule has 12 aromatic rings. The Morgan fingerprint density at radius 1 is 0.317 bits per heavy atom. The molecule has 12 rings (SSSR count). The summed E-state index contributed by atoms with van der Waals surface area (Å²) in [5, 5.41) is 4.20. The van der Waals surface area contributed by atoms with E-state index in [0.29, 0.717) is 5.89 Å². The van der Waals surface area contributed by atoms with Crippen molar-refractivity contribution >= 4 is 72.0 Å². The second kappa shape index (κ2) is 13.8.